The first-order chi connectivity index (χ1) is 5.68. The van der Waals surface area contributed by atoms with Gasteiger partial charge < -0.3 is 5.73 Å². The summed E-state index contributed by atoms with van der Waals surface area (Å²) in [5.41, 5.74) is 8.98. The van der Waals surface area contributed by atoms with Gasteiger partial charge in [-0.15, -0.1) is 0 Å². The minimum atomic E-state index is 0.558. The molecule has 62 valence electrons. The molecule has 0 saturated carbocycles. The largest absolute Gasteiger partial charge is 0.369 e. The van der Waals surface area contributed by atoms with Crippen LogP contribution in [-0.2, 0) is 0 Å². The lowest BCUT2D eigenvalue weighted by Gasteiger charge is -1.96. The first-order valence-corrected chi connectivity index (χ1v) is 3.89. The smallest absolute Gasteiger partial charge is 0.205 e. The number of nitrogens with zero attached hydrogens (tertiary/aromatic N) is 2. The zero-order valence-corrected chi connectivity index (χ0v) is 7.20. The van der Waals surface area contributed by atoms with E-state index in [2.05, 4.69) is 18.0 Å². The van der Waals surface area contributed by atoms with E-state index in [1.165, 1.54) is 5.56 Å². The highest BCUT2D eigenvalue weighted by molar-refractivity contribution is 5.57. The maximum Gasteiger partial charge on any atom is 0.205 e. The third kappa shape index (κ3) is 0.863. The van der Waals surface area contributed by atoms with E-state index >= 15 is 0 Å². The van der Waals surface area contributed by atoms with E-state index in [1.807, 2.05) is 23.6 Å². The Balaban J connectivity index is 2.90. The Kier molecular flexibility index (Phi) is 1.33. The van der Waals surface area contributed by atoms with Crippen LogP contribution in [-0.4, -0.2) is 9.38 Å². The lowest BCUT2D eigenvalue weighted by Crippen LogP contribution is -1.93. The highest BCUT2D eigenvalue weighted by Gasteiger charge is 2.03. The van der Waals surface area contributed by atoms with E-state index in [0.717, 1.165) is 11.2 Å². The molecule has 0 spiro atoms. The van der Waals surface area contributed by atoms with E-state index < -0.39 is 0 Å². The van der Waals surface area contributed by atoms with Crippen LogP contribution in [0.15, 0.2) is 18.3 Å². The van der Waals surface area contributed by atoms with Crippen molar-refractivity contribution in [3.8, 4) is 0 Å². The molecule has 0 amide bonds. The lowest BCUT2D eigenvalue weighted by atomic mass is 10.2. The van der Waals surface area contributed by atoms with Crippen molar-refractivity contribution in [2.45, 2.75) is 13.8 Å². The van der Waals surface area contributed by atoms with Gasteiger partial charge in [-0.3, -0.25) is 4.40 Å². The van der Waals surface area contributed by atoms with Crippen LogP contribution in [0.4, 0.5) is 5.95 Å². The summed E-state index contributed by atoms with van der Waals surface area (Å²) >= 11 is 0. The van der Waals surface area contributed by atoms with Crippen LogP contribution in [0.2, 0.25) is 0 Å². The van der Waals surface area contributed by atoms with Crippen LogP contribution >= 0.6 is 0 Å². The molecule has 0 atom stereocenters. The maximum absolute atomic E-state index is 5.68. The second kappa shape index (κ2) is 2.24. The Hall–Kier alpha value is -1.51. The van der Waals surface area contributed by atoms with Gasteiger partial charge in [0.05, 0.1) is 11.2 Å². The summed E-state index contributed by atoms with van der Waals surface area (Å²) in [6.07, 6.45) is 1.94. The van der Waals surface area contributed by atoms with Crippen molar-refractivity contribution in [1.29, 1.82) is 0 Å². The first-order valence-electron chi connectivity index (χ1n) is 3.89. The number of aromatic nitrogens is 2. The SMILES string of the molecule is Cc1ccn2c(N)nc(C)c2c1. The average molecular weight is 161 g/mol. The number of hydrogen-bond acceptors (Lipinski definition) is 2. The zero-order chi connectivity index (χ0) is 8.72. The first kappa shape index (κ1) is 7.16. The predicted molar refractivity (Wildman–Crippen MR) is 49.1 cm³/mol. The predicted octanol–water partition coefficient (Wildman–Crippen LogP) is 1.53. The third-order valence-electron chi connectivity index (χ3n) is 2.01. The Morgan fingerprint density at radius 2 is 2.17 bits per heavy atom. The van der Waals surface area contributed by atoms with Crippen molar-refractivity contribution in [2.75, 3.05) is 5.73 Å². The van der Waals surface area contributed by atoms with Crippen molar-refractivity contribution >= 4 is 11.5 Å². The van der Waals surface area contributed by atoms with Crippen LogP contribution in [0.1, 0.15) is 11.3 Å². The number of nitrogens with two attached hydrogens (primary N) is 1. The molecule has 0 unspecified atom stereocenters. The summed E-state index contributed by atoms with van der Waals surface area (Å²) in [6.45, 7) is 4.02. The van der Waals surface area contributed by atoms with Crippen molar-refractivity contribution in [3.05, 3.63) is 29.6 Å². The molecule has 0 aliphatic rings. The molecular formula is C9H11N3. The summed E-state index contributed by atoms with van der Waals surface area (Å²) in [5, 5.41) is 0. The number of imidazole rings is 1. The maximum atomic E-state index is 5.68. The Morgan fingerprint density at radius 3 is 2.92 bits per heavy atom. The fraction of sp³-hybridized carbons (Fsp3) is 0.222. The zero-order valence-electron chi connectivity index (χ0n) is 7.20. The number of pyridine rings is 1. The summed E-state index contributed by atoms with van der Waals surface area (Å²) < 4.78 is 1.89. The van der Waals surface area contributed by atoms with Crippen molar-refractivity contribution < 1.29 is 0 Å². The van der Waals surface area contributed by atoms with Gasteiger partial charge in [-0.2, -0.15) is 0 Å². The Labute approximate surface area is 70.8 Å². The van der Waals surface area contributed by atoms with E-state index in [0.29, 0.717) is 5.95 Å². The van der Waals surface area contributed by atoms with Gasteiger partial charge in [-0.1, -0.05) is 0 Å². The van der Waals surface area contributed by atoms with Crippen molar-refractivity contribution in [3.63, 3.8) is 0 Å². The number of aryl methyl sites for hydroxylation is 2. The van der Waals surface area contributed by atoms with Crippen LogP contribution in [0.25, 0.3) is 5.52 Å². The molecule has 0 aliphatic carbocycles. The fourth-order valence-electron chi connectivity index (χ4n) is 1.37. The summed E-state index contributed by atoms with van der Waals surface area (Å²) in [6, 6.07) is 4.10. The summed E-state index contributed by atoms with van der Waals surface area (Å²) in [4.78, 5) is 4.17. The van der Waals surface area contributed by atoms with Crippen LogP contribution < -0.4 is 5.73 Å². The highest BCUT2D eigenvalue weighted by Crippen LogP contribution is 2.14. The van der Waals surface area contributed by atoms with Crippen LogP contribution in [0.3, 0.4) is 0 Å². The van der Waals surface area contributed by atoms with E-state index in [9.17, 15) is 0 Å². The minimum absolute atomic E-state index is 0.558. The molecule has 0 bridgehead atoms. The number of hydrogen-bond donors (Lipinski definition) is 1. The van der Waals surface area contributed by atoms with Gasteiger partial charge >= 0.3 is 0 Å². The second-order valence-corrected chi connectivity index (χ2v) is 3.01. The minimum Gasteiger partial charge on any atom is -0.369 e. The van der Waals surface area contributed by atoms with E-state index in [4.69, 9.17) is 5.73 Å². The van der Waals surface area contributed by atoms with E-state index in [-0.39, 0.29) is 0 Å². The number of anilines is 1. The van der Waals surface area contributed by atoms with Gasteiger partial charge in [0, 0.05) is 6.20 Å². The van der Waals surface area contributed by atoms with Gasteiger partial charge in [0.1, 0.15) is 0 Å². The molecule has 0 saturated heterocycles. The van der Waals surface area contributed by atoms with Gasteiger partial charge in [-0.25, -0.2) is 4.98 Å². The van der Waals surface area contributed by atoms with Crippen molar-refractivity contribution in [2.24, 2.45) is 0 Å². The monoisotopic (exact) mass is 161 g/mol. The molecule has 2 heterocycles. The standard InChI is InChI=1S/C9H11N3/c1-6-3-4-12-8(5-6)7(2)11-9(12)10/h3-5H,1-2H3,(H2,10,11). The molecule has 2 rings (SSSR count). The number of nitrogen functional groups attached to an aromatic ring is 1. The molecule has 0 aromatic carbocycles. The van der Waals surface area contributed by atoms with E-state index in [1.54, 1.807) is 0 Å². The molecule has 3 heteroatoms. The fourth-order valence-corrected chi connectivity index (χ4v) is 1.37. The normalized spacial score (nSPS) is 10.8. The van der Waals surface area contributed by atoms with Gasteiger partial charge in [0.2, 0.25) is 5.95 Å². The molecule has 0 aliphatic heterocycles. The Bertz CT molecular complexity index is 429. The van der Waals surface area contributed by atoms with Crippen LogP contribution in [0.5, 0.6) is 0 Å². The second-order valence-electron chi connectivity index (χ2n) is 3.01. The average Bonchev–Trinajstić information content (AvgIpc) is 2.28. The van der Waals surface area contributed by atoms with Gasteiger partial charge in [0.15, 0.2) is 0 Å². The lowest BCUT2D eigenvalue weighted by molar-refractivity contribution is 1.16. The van der Waals surface area contributed by atoms with Gasteiger partial charge in [0.25, 0.3) is 0 Å². The number of rotatable bonds is 0. The van der Waals surface area contributed by atoms with Crippen molar-refractivity contribution in [1.82, 2.24) is 9.38 Å². The molecule has 2 aromatic rings. The topological polar surface area (TPSA) is 43.3 Å². The molecular weight excluding hydrogens is 150 g/mol. The molecule has 0 fully saturated rings. The third-order valence-corrected chi connectivity index (χ3v) is 2.01. The summed E-state index contributed by atoms with van der Waals surface area (Å²) in [7, 11) is 0. The molecule has 12 heavy (non-hydrogen) atoms. The molecule has 2 aromatic heterocycles. The number of fused-ring (bicyclic) bond motifs is 1. The quantitative estimate of drug-likeness (QED) is 0.636. The molecule has 2 N–H and O–H groups in total. The highest BCUT2D eigenvalue weighted by atomic mass is 15.1. The molecule has 0 radical (unpaired) electrons. The van der Waals surface area contributed by atoms with Gasteiger partial charge in [-0.05, 0) is 31.5 Å². The summed E-state index contributed by atoms with van der Waals surface area (Å²) in [5.74, 6) is 0.558. The van der Waals surface area contributed by atoms with Crippen LogP contribution in [0, 0.1) is 13.8 Å². The Morgan fingerprint density at radius 1 is 1.42 bits per heavy atom. The molecule has 3 nitrogen and oxygen atoms in total.